The molecule has 1 N–H and O–H groups in total. The Morgan fingerprint density at radius 2 is 1.65 bits per heavy atom. The van der Waals surface area contributed by atoms with Gasteiger partial charge >= 0.3 is 11.7 Å². The highest BCUT2D eigenvalue weighted by atomic mass is 32.2. The van der Waals surface area contributed by atoms with Crippen LogP contribution >= 0.6 is 0 Å². The van der Waals surface area contributed by atoms with Gasteiger partial charge in [-0.15, -0.1) is 0 Å². The Morgan fingerprint density at radius 3 is 2.04 bits per heavy atom. The molecular formula is C14H17F2NO5S. The first-order valence-electron chi connectivity index (χ1n) is 6.62. The molecule has 6 nitrogen and oxygen atoms in total. The van der Waals surface area contributed by atoms with E-state index < -0.39 is 38.4 Å². The Hall–Kier alpha value is -2.03. The molecule has 0 aliphatic heterocycles. The number of carbonyl (C=O) groups is 2. The second kappa shape index (κ2) is 7.49. The van der Waals surface area contributed by atoms with Gasteiger partial charge in [0.25, 0.3) is 5.91 Å². The fourth-order valence-corrected chi connectivity index (χ4v) is 2.47. The quantitative estimate of drug-likeness (QED) is 0.788. The number of ether oxygens (including phenoxy) is 1. The van der Waals surface area contributed by atoms with Crippen LogP contribution < -0.4 is 5.32 Å². The third-order valence-corrected chi connectivity index (χ3v) is 4.49. The fourth-order valence-electron chi connectivity index (χ4n) is 1.75. The van der Waals surface area contributed by atoms with Gasteiger partial charge in [0.05, 0.1) is 12.0 Å². The lowest BCUT2D eigenvalue weighted by molar-refractivity contribution is -0.144. The van der Waals surface area contributed by atoms with Crippen molar-refractivity contribution < 1.29 is 31.5 Å². The van der Waals surface area contributed by atoms with E-state index in [0.717, 1.165) is 24.3 Å². The van der Waals surface area contributed by atoms with Crippen molar-refractivity contribution in [1.29, 1.82) is 0 Å². The van der Waals surface area contributed by atoms with E-state index in [0.29, 0.717) is 0 Å². The van der Waals surface area contributed by atoms with Gasteiger partial charge in [-0.2, -0.15) is 8.78 Å². The van der Waals surface area contributed by atoms with Gasteiger partial charge in [-0.05, 0) is 30.2 Å². The molecule has 0 saturated carbocycles. The molecule has 9 heteroatoms. The largest absolute Gasteiger partial charge is 0.467 e. The van der Waals surface area contributed by atoms with Gasteiger partial charge in [0.15, 0.2) is 0 Å². The van der Waals surface area contributed by atoms with Crippen LogP contribution in [0.1, 0.15) is 24.2 Å². The zero-order valence-corrected chi connectivity index (χ0v) is 13.6. The molecule has 0 spiro atoms. The number of alkyl halides is 2. The average molecular weight is 349 g/mol. The van der Waals surface area contributed by atoms with E-state index in [9.17, 15) is 26.8 Å². The molecule has 1 rings (SSSR count). The minimum absolute atomic E-state index is 0.0350. The maximum atomic E-state index is 12.4. The summed E-state index contributed by atoms with van der Waals surface area (Å²) in [5.74, 6) is -5.03. The van der Waals surface area contributed by atoms with Crippen LogP contribution in [-0.2, 0) is 19.4 Å². The van der Waals surface area contributed by atoms with Gasteiger partial charge in [-0.3, -0.25) is 4.79 Å². The molecule has 0 aromatic heterocycles. The van der Waals surface area contributed by atoms with Crippen molar-refractivity contribution >= 4 is 21.7 Å². The van der Waals surface area contributed by atoms with Crippen LogP contribution in [0.25, 0.3) is 0 Å². The predicted molar refractivity (Wildman–Crippen MR) is 77.7 cm³/mol. The van der Waals surface area contributed by atoms with E-state index in [1.165, 1.54) is 7.11 Å². The van der Waals surface area contributed by atoms with Crippen LogP contribution in [0, 0.1) is 5.92 Å². The highest BCUT2D eigenvalue weighted by Gasteiger charge is 2.28. The van der Waals surface area contributed by atoms with Crippen LogP contribution in [0.4, 0.5) is 8.78 Å². The number of halogens is 2. The first-order valence-corrected chi connectivity index (χ1v) is 8.16. The summed E-state index contributed by atoms with van der Waals surface area (Å²) < 4.78 is 52.0. The summed E-state index contributed by atoms with van der Waals surface area (Å²) in [5, 5.41) is 2.45. The number of nitrogens with one attached hydrogen (secondary N) is 1. The van der Waals surface area contributed by atoms with Crippen molar-refractivity contribution in [3.63, 3.8) is 0 Å². The summed E-state index contributed by atoms with van der Waals surface area (Å²) >= 11 is 0. The molecule has 0 fully saturated rings. The number of esters is 1. The van der Waals surface area contributed by atoms with Crippen molar-refractivity contribution in [2.75, 3.05) is 7.11 Å². The predicted octanol–water partition coefficient (Wildman–Crippen LogP) is 1.61. The first kappa shape index (κ1) is 19.0. The Balaban J connectivity index is 2.96. The minimum atomic E-state index is -4.71. The molecular weight excluding hydrogens is 332 g/mol. The summed E-state index contributed by atoms with van der Waals surface area (Å²) in [4.78, 5) is 23.1. The van der Waals surface area contributed by atoms with Crippen LogP contribution in [0.5, 0.6) is 0 Å². The van der Waals surface area contributed by atoms with E-state index in [4.69, 9.17) is 0 Å². The molecule has 1 atom stereocenters. The Bertz CT molecular complexity index is 671. The van der Waals surface area contributed by atoms with Gasteiger partial charge in [-0.1, -0.05) is 13.8 Å². The molecule has 0 aliphatic rings. The molecule has 0 saturated heterocycles. The number of sulfone groups is 1. The number of hydrogen-bond acceptors (Lipinski definition) is 5. The number of methoxy groups -OCH3 is 1. The summed E-state index contributed by atoms with van der Waals surface area (Å²) in [5.41, 5.74) is 0.0350. The standard InChI is InChI=1S/C14H17F2NO5S/c1-8(2)11(13(19)22-3)17-12(18)9-4-6-10(7-5-9)23(20,21)14(15)16/h4-8,11,14H,1-3H3,(H,17,18). The van der Waals surface area contributed by atoms with Gasteiger partial charge in [0.1, 0.15) is 6.04 Å². The molecule has 1 aromatic rings. The number of hydrogen-bond donors (Lipinski definition) is 1. The third-order valence-electron chi connectivity index (χ3n) is 3.09. The minimum Gasteiger partial charge on any atom is -0.467 e. The van der Waals surface area contributed by atoms with Crippen LogP contribution in [0.2, 0.25) is 0 Å². The normalized spacial score (nSPS) is 13.0. The summed E-state index contributed by atoms with van der Waals surface area (Å²) in [6, 6.07) is 3.15. The van der Waals surface area contributed by atoms with Crippen LogP contribution in [-0.4, -0.2) is 39.2 Å². The first-order chi connectivity index (χ1) is 10.6. The lowest BCUT2D eigenvalue weighted by Crippen LogP contribution is -2.45. The van der Waals surface area contributed by atoms with Crippen molar-refractivity contribution in [3.8, 4) is 0 Å². The van der Waals surface area contributed by atoms with Gasteiger partial charge in [0, 0.05) is 5.56 Å². The van der Waals surface area contributed by atoms with E-state index in [-0.39, 0.29) is 11.5 Å². The molecule has 1 aromatic carbocycles. The molecule has 0 heterocycles. The zero-order chi connectivity index (χ0) is 17.8. The lowest BCUT2D eigenvalue weighted by Gasteiger charge is -2.19. The summed E-state index contributed by atoms with van der Waals surface area (Å²) in [7, 11) is -3.52. The summed E-state index contributed by atoms with van der Waals surface area (Å²) in [6.07, 6.45) is 0. The maximum Gasteiger partial charge on any atom is 0.341 e. The van der Waals surface area contributed by atoms with E-state index in [2.05, 4.69) is 10.1 Å². The van der Waals surface area contributed by atoms with Crippen molar-refractivity contribution in [3.05, 3.63) is 29.8 Å². The van der Waals surface area contributed by atoms with Crippen LogP contribution in [0.3, 0.4) is 0 Å². The molecule has 128 valence electrons. The van der Waals surface area contributed by atoms with Gasteiger partial charge in [0.2, 0.25) is 9.84 Å². The molecule has 1 unspecified atom stereocenters. The highest BCUT2D eigenvalue weighted by molar-refractivity contribution is 7.91. The van der Waals surface area contributed by atoms with E-state index in [1.54, 1.807) is 13.8 Å². The monoisotopic (exact) mass is 349 g/mol. The second-order valence-electron chi connectivity index (χ2n) is 5.05. The van der Waals surface area contributed by atoms with Crippen molar-refractivity contribution in [1.82, 2.24) is 5.32 Å². The number of rotatable bonds is 6. The van der Waals surface area contributed by atoms with Gasteiger partial charge < -0.3 is 10.1 Å². The SMILES string of the molecule is COC(=O)C(NC(=O)c1ccc(S(=O)(=O)C(F)F)cc1)C(C)C. The smallest absolute Gasteiger partial charge is 0.341 e. The number of amides is 1. The fraction of sp³-hybridized carbons (Fsp3) is 0.429. The second-order valence-corrected chi connectivity index (χ2v) is 6.97. The highest BCUT2D eigenvalue weighted by Crippen LogP contribution is 2.18. The van der Waals surface area contributed by atoms with Crippen molar-refractivity contribution in [2.24, 2.45) is 5.92 Å². The Morgan fingerprint density at radius 1 is 1.13 bits per heavy atom. The van der Waals surface area contributed by atoms with E-state index in [1.807, 2.05) is 0 Å². The van der Waals surface area contributed by atoms with E-state index >= 15 is 0 Å². The average Bonchev–Trinajstić information content (AvgIpc) is 2.51. The molecule has 0 radical (unpaired) electrons. The topological polar surface area (TPSA) is 89.5 Å². The molecule has 23 heavy (non-hydrogen) atoms. The third kappa shape index (κ3) is 4.47. The van der Waals surface area contributed by atoms with Crippen molar-refractivity contribution in [2.45, 2.75) is 30.5 Å². The number of benzene rings is 1. The zero-order valence-electron chi connectivity index (χ0n) is 12.7. The molecule has 1 amide bonds. The molecule has 0 aliphatic carbocycles. The maximum absolute atomic E-state index is 12.4. The van der Waals surface area contributed by atoms with Crippen LogP contribution in [0.15, 0.2) is 29.2 Å². The molecule has 0 bridgehead atoms. The Labute approximate surface area is 132 Å². The van der Waals surface area contributed by atoms with Gasteiger partial charge in [-0.25, -0.2) is 13.2 Å². The number of carbonyl (C=O) groups excluding carboxylic acids is 2. The lowest BCUT2D eigenvalue weighted by atomic mass is 10.0. The Kier molecular flexibility index (Phi) is 6.20. The summed E-state index contributed by atoms with van der Waals surface area (Å²) in [6.45, 7) is 3.42.